The molecule has 0 heterocycles. The number of carbonyl (C=O) groups is 2. The average Bonchev–Trinajstić information content (AvgIpc) is 2.44. The fraction of sp³-hybridized carbons (Fsp3) is 0.231. The molecule has 0 radical (unpaired) electrons. The Balaban J connectivity index is 2.92. The van der Waals surface area contributed by atoms with E-state index in [0.717, 1.165) is 0 Å². The van der Waals surface area contributed by atoms with Gasteiger partial charge in [-0.25, -0.2) is 4.79 Å². The van der Waals surface area contributed by atoms with Crippen LogP contribution in [0.2, 0.25) is 0 Å². The number of carbonyl (C=O) groups excluding carboxylic acids is 2. The highest BCUT2D eigenvalue weighted by molar-refractivity contribution is 5.95. The molecule has 0 aliphatic heterocycles. The monoisotopic (exact) mass is 262 g/mol. The number of hydrogen-bond donors (Lipinski definition) is 2. The van der Waals surface area contributed by atoms with Crippen LogP contribution in [0, 0.1) is 12.3 Å². The Morgan fingerprint density at radius 2 is 2.21 bits per heavy atom. The van der Waals surface area contributed by atoms with E-state index in [1.54, 1.807) is 0 Å². The van der Waals surface area contributed by atoms with Crippen molar-refractivity contribution in [3.05, 3.63) is 23.8 Å². The molecule has 0 fully saturated rings. The third-order valence-corrected chi connectivity index (χ3v) is 2.18. The molecule has 0 unspecified atom stereocenters. The molecule has 100 valence electrons. The predicted molar refractivity (Wildman–Crippen MR) is 69.8 cm³/mol. The number of hydrogen-bond acceptors (Lipinski definition) is 5. The minimum Gasteiger partial charge on any atom is -0.495 e. The van der Waals surface area contributed by atoms with Gasteiger partial charge < -0.3 is 20.5 Å². The zero-order valence-electron chi connectivity index (χ0n) is 10.4. The number of rotatable bonds is 5. The van der Waals surface area contributed by atoms with Crippen molar-refractivity contribution in [3.8, 4) is 18.1 Å². The van der Waals surface area contributed by atoms with Gasteiger partial charge in [0.25, 0.3) is 0 Å². The largest absolute Gasteiger partial charge is 0.495 e. The molecule has 1 rings (SSSR count). The molecule has 0 spiro atoms. The summed E-state index contributed by atoms with van der Waals surface area (Å²) in [4.78, 5) is 22.8. The molecule has 0 saturated heterocycles. The van der Waals surface area contributed by atoms with Crippen LogP contribution in [0.3, 0.4) is 0 Å². The zero-order valence-corrected chi connectivity index (χ0v) is 10.4. The number of benzene rings is 1. The first-order chi connectivity index (χ1) is 9.12. The Morgan fingerprint density at radius 3 is 2.79 bits per heavy atom. The van der Waals surface area contributed by atoms with Crippen molar-refractivity contribution in [2.45, 2.75) is 0 Å². The third kappa shape index (κ3) is 4.01. The van der Waals surface area contributed by atoms with E-state index in [2.05, 4.69) is 11.2 Å². The number of anilines is 1. The molecule has 0 atom stereocenters. The summed E-state index contributed by atoms with van der Waals surface area (Å²) in [6.45, 7) is -0.248. The Morgan fingerprint density at radius 1 is 1.47 bits per heavy atom. The molecular weight excluding hydrogens is 248 g/mol. The van der Waals surface area contributed by atoms with Crippen molar-refractivity contribution < 1.29 is 19.1 Å². The summed E-state index contributed by atoms with van der Waals surface area (Å²) in [6, 6.07) is 4.47. The zero-order chi connectivity index (χ0) is 14.3. The van der Waals surface area contributed by atoms with Crippen LogP contribution in [0.5, 0.6) is 5.75 Å². The topological polar surface area (TPSA) is 90.7 Å². The quantitative estimate of drug-likeness (QED) is 0.591. The van der Waals surface area contributed by atoms with Gasteiger partial charge in [0.05, 0.1) is 24.9 Å². The molecule has 6 heteroatoms. The minimum absolute atomic E-state index is 0.104. The first-order valence-corrected chi connectivity index (χ1v) is 5.41. The van der Waals surface area contributed by atoms with E-state index in [1.165, 1.54) is 25.3 Å². The molecular formula is C13H14N2O4. The SMILES string of the molecule is C#CCOC(=O)c1ccc(NC(=O)CN)c(OC)c1. The lowest BCUT2D eigenvalue weighted by Gasteiger charge is -2.10. The summed E-state index contributed by atoms with van der Waals surface area (Å²) in [5, 5.41) is 2.55. The lowest BCUT2D eigenvalue weighted by molar-refractivity contribution is -0.114. The van der Waals surface area contributed by atoms with Crippen LogP contribution in [0.25, 0.3) is 0 Å². The van der Waals surface area contributed by atoms with Gasteiger partial charge >= 0.3 is 5.97 Å². The van der Waals surface area contributed by atoms with Gasteiger partial charge in [-0.1, -0.05) is 5.92 Å². The van der Waals surface area contributed by atoms with Crippen LogP contribution < -0.4 is 15.8 Å². The second-order valence-electron chi connectivity index (χ2n) is 3.45. The van der Waals surface area contributed by atoms with Crippen molar-refractivity contribution in [1.82, 2.24) is 0 Å². The van der Waals surface area contributed by atoms with E-state index < -0.39 is 5.97 Å². The maximum atomic E-state index is 11.6. The Bertz CT molecular complexity index is 520. The van der Waals surface area contributed by atoms with Gasteiger partial charge in [-0.2, -0.15) is 0 Å². The molecule has 0 saturated carbocycles. The molecule has 0 aromatic heterocycles. The molecule has 0 aliphatic carbocycles. The molecule has 6 nitrogen and oxygen atoms in total. The predicted octanol–water partition coefficient (Wildman–Crippen LogP) is 0.382. The van der Waals surface area contributed by atoms with E-state index in [1.807, 2.05) is 0 Å². The number of esters is 1. The van der Waals surface area contributed by atoms with Crippen LogP contribution in [0.1, 0.15) is 10.4 Å². The molecule has 0 bridgehead atoms. The van der Waals surface area contributed by atoms with E-state index in [0.29, 0.717) is 11.4 Å². The highest BCUT2D eigenvalue weighted by atomic mass is 16.5. The van der Waals surface area contributed by atoms with Gasteiger partial charge in [-0.15, -0.1) is 6.42 Å². The number of methoxy groups -OCH3 is 1. The summed E-state index contributed by atoms with van der Waals surface area (Å²) in [5.41, 5.74) is 5.90. The molecule has 19 heavy (non-hydrogen) atoms. The van der Waals surface area contributed by atoms with Gasteiger partial charge in [0, 0.05) is 0 Å². The summed E-state index contributed by atoms with van der Waals surface area (Å²) in [5.74, 6) is 1.61. The fourth-order valence-corrected chi connectivity index (χ4v) is 1.31. The maximum Gasteiger partial charge on any atom is 0.339 e. The number of nitrogens with one attached hydrogen (secondary N) is 1. The van der Waals surface area contributed by atoms with Gasteiger partial charge in [0.15, 0.2) is 6.61 Å². The maximum absolute atomic E-state index is 11.6. The van der Waals surface area contributed by atoms with Crippen LogP contribution in [-0.2, 0) is 9.53 Å². The number of amides is 1. The van der Waals surface area contributed by atoms with Crippen LogP contribution in [0.15, 0.2) is 18.2 Å². The van der Waals surface area contributed by atoms with Crippen LogP contribution in [0.4, 0.5) is 5.69 Å². The Labute approximate surface area is 110 Å². The van der Waals surface area contributed by atoms with Gasteiger partial charge in [0.1, 0.15) is 5.75 Å². The van der Waals surface area contributed by atoms with E-state index in [-0.39, 0.29) is 24.6 Å². The number of nitrogens with two attached hydrogens (primary N) is 1. The van der Waals surface area contributed by atoms with Crippen molar-refractivity contribution in [1.29, 1.82) is 0 Å². The number of ether oxygens (including phenoxy) is 2. The third-order valence-electron chi connectivity index (χ3n) is 2.18. The lowest BCUT2D eigenvalue weighted by atomic mass is 10.2. The van der Waals surface area contributed by atoms with Crippen molar-refractivity contribution in [2.75, 3.05) is 25.6 Å². The van der Waals surface area contributed by atoms with Crippen molar-refractivity contribution in [3.63, 3.8) is 0 Å². The summed E-state index contributed by atoms with van der Waals surface area (Å²) in [6.07, 6.45) is 4.99. The van der Waals surface area contributed by atoms with E-state index in [9.17, 15) is 9.59 Å². The van der Waals surface area contributed by atoms with E-state index >= 15 is 0 Å². The molecule has 1 aromatic carbocycles. The summed E-state index contributed by atoms with van der Waals surface area (Å²) >= 11 is 0. The second kappa shape index (κ2) is 7.03. The molecule has 1 amide bonds. The van der Waals surface area contributed by atoms with Crippen LogP contribution >= 0.6 is 0 Å². The minimum atomic E-state index is -0.562. The van der Waals surface area contributed by atoms with Crippen molar-refractivity contribution >= 4 is 17.6 Å². The highest BCUT2D eigenvalue weighted by Gasteiger charge is 2.12. The summed E-state index contributed by atoms with van der Waals surface area (Å²) < 4.78 is 9.86. The molecule has 3 N–H and O–H groups in total. The smallest absolute Gasteiger partial charge is 0.339 e. The van der Waals surface area contributed by atoms with Crippen molar-refractivity contribution in [2.24, 2.45) is 5.73 Å². The van der Waals surface area contributed by atoms with Gasteiger partial charge in [-0.05, 0) is 18.2 Å². The van der Waals surface area contributed by atoms with Gasteiger partial charge in [-0.3, -0.25) is 4.79 Å². The first-order valence-electron chi connectivity index (χ1n) is 5.41. The molecule has 1 aromatic rings. The van der Waals surface area contributed by atoms with Crippen LogP contribution in [-0.4, -0.2) is 32.1 Å². The second-order valence-corrected chi connectivity index (χ2v) is 3.45. The number of terminal acetylenes is 1. The Kier molecular flexibility index (Phi) is 5.38. The Hall–Kier alpha value is -2.52. The standard InChI is InChI=1S/C13H14N2O4/c1-3-6-19-13(17)9-4-5-10(11(7-9)18-2)15-12(16)8-14/h1,4-5,7H,6,8,14H2,2H3,(H,15,16). The lowest BCUT2D eigenvalue weighted by Crippen LogP contribution is -2.22. The summed E-state index contributed by atoms with van der Waals surface area (Å²) in [7, 11) is 1.42. The first kappa shape index (κ1) is 14.5. The average molecular weight is 262 g/mol. The van der Waals surface area contributed by atoms with Gasteiger partial charge in [0.2, 0.25) is 5.91 Å². The fourth-order valence-electron chi connectivity index (χ4n) is 1.31. The highest BCUT2D eigenvalue weighted by Crippen LogP contribution is 2.25. The van der Waals surface area contributed by atoms with E-state index in [4.69, 9.17) is 21.6 Å². The molecule has 0 aliphatic rings. The normalized spacial score (nSPS) is 9.32.